The number of hydrogen-bond acceptors (Lipinski definition) is 4. The molecule has 1 aromatic carbocycles. The van der Waals surface area contributed by atoms with Crippen LogP contribution in [-0.4, -0.2) is 29.5 Å². The number of halogens is 3. The van der Waals surface area contributed by atoms with Gasteiger partial charge in [-0.1, -0.05) is 30.3 Å². The van der Waals surface area contributed by atoms with Crippen molar-refractivity contribution < 1.29 is 13.2 Å². The van der Waals surface area contributed by atoms with E-state index in [9.17, 15) is 13.2 Å². The van der Waals surface area contributed by atoms with Crippen LogP contribution in [0.15, 0.2) is 30.3 Å². The Labute approximate surface area is 137 Å². The predicted molar refractivity (Wildman–Crippen MR) is 86.3 cm³/mol. The van der Waals surface area contributed by atoms with Crippen molar-refractivity contribution in [2.75, 3.05) is 19.6 Å². The Kier molecular flexibility index (Phi) is 6.15. The van der Waals surface area contributed by atoms with Gasteiger partial charge in [-0.3, -0.25) is 4.90 Å². The van der Waals surface area contributed by atoms with Gasteiger partial charge in [0.05, 0.1) is 9.88 Å². The first-order valence-electron chi connectivity index (χ1n) is 7.40. The normalized spacial score (nSPS) is 12.1. The summed E-state index contributed by atoms with van der Waals surface area (Å²) in [5.41, 5.74) is 6.00. The molecule has 7 heteroatoms. The summed E-state index contributed by atoms with van der Waals surface area (Å²) in [6, 6.07) is 9.88. The van der Waals surface area contributed by atoms with Crippen molar-refractivity contribution in [1.82, 2.24) is 9.88 Å². The largest absolute Gasteiger partial charge is 0.434 e. The Morgan fingerprint density at radius 3 is 2.48 bits per heavy atom. The maximum absolute atomic E-state index is 13.0. The van der Waals surface area contributed by atoms with Crippen molar-refractivity contribution in [3.63, 3.8) is 0 Å². The second kappa shape index (κ2) is 7.90. The first-order chi connectivity index (χ1) is 10.9. The van der Waals surface area contributed by atoms with Gasteiger partial charge in [-0.05, 0) is 18.9 Å². The van der Waals surface area contributed by atoms with Crippen molar-refractivity contribution >= 4 is 11.3 Å². The molecule has 0 aliphatic heterocycles. The van der Waals surface area contributed by atoms with E-state index in [1.165, 1.54) is 0 Å². The summed E-state index contributed by atoms with van der Waals surface area (Å²) in [7, 11) is 0. The van der Waals surface area contributed by atoms with Crippen molar-refractivity contribution in [2.45, 2.75) is 26.1 Å². The van der Waals surface area contributed by atoms with E-state index in [0.29, 0.717) is 24.6 Å². The Hall–Kier alpha value is -1.44. The van der Waals surface area contributed by atoms with Gasteiger partial charge in [0.25, 0.3) is 0 Å². The topological polar surface area (TPSA) is 42.2 Å². The van der Waals surface area contributed by atoms with Gasteiger partial charge in [0.15, 0.2) is 5.69 Å². The van der Waals surface area contributed by atoms with Crippen LogP contribution in [0, 0.1) is 6.92 Å². The quantitative estimate of drug-likeness (QED) is 0.837. The van der Waals surface area contributed by atoms with Gasteiger partial charge in [-0.25, -0.2) is 4.98 Å². The third-order valence-electron chi connectivity index (χ3n) is 3.44. The van der Waals surface area contributed by atoms with Crippen LogP contribution >= 0.6 is 11.3 Å². The zero-order chi connectivity index (χ0) is 16.9. The molecule has 1 heterocycles. The summed E-state index contributed by atoms with van der Waals surface area (Å²) in [6.45, 7) is 3.45. The van der Waals surface area contributed by atoms with Crippen LogP contribution in [0.5, 0.6) is 0 Å². The third-order valence-corrected chi connectivity index (χ3v) is 4.40. The van der Waals surface area contributed by atoms with E-state index in [1.807, 2.05) is 35.2 Å². The summed E-state index contributed by atoms with van der Waals surface area (Å²) >= 11 is 1.10. The lowest BCUT2D eigenvalue weighted by Crippen LogP contribution is -2.31. The number of aryl methyl sites for hydroxylation is 1. The number of benzene rings is 1. The molecule has 2 rings (SSSR count). The van der Waals surface area contributed by atoms with Gasteiger partial charge < -0.3 is 5.73 Å². The molecule has 0 aliphatic carbocycles. The van der Waals surface area contributed by atoms with Gasteiger partial charge in [-0.15, -0.1) is 11.3 Å². The van der Waals surface area contributed by atoms with Gasteiger partial charge in [0, 0.05) is 26.2 Å². The number of rotatable bonds is 7. The van der Waals surface area contributed by atoms with E-state index < -0.39 is 11.9 Å². The predicted octanol–water partition coefficient (Wildman–Crippen LogP) is 3.47. The molecule has 0 fully saturated rings. The number of aromatic nitrogens is 1. The van der Waals surface area contributed by atoms with Crippen LogP contribution in [0.3, 0.4) is 0 Å². The van der Waals surface area contributed by atoms with E-state index >= 15 is 0 Å². The number of alkyl halides is 3. The zero-order valence-electron chi connectivity index (χ0n) is 12.9. The van der Waals surface area contributed by atoms with Gasteiger partial charge in [0.2, 0.25) is 0 Å². The average molecular weight is 343 g/mol. The van der Waals surface area contributed by atoms with Crippen LogP contribution in [0.25, 0.3) is 0 Å². The second-order valence-electron chi connectivity index (χ2n) is 5.30. The number of hydrogen-bond donors (Lipinski definition) is 1. The third kappa shape index (κ3) is 5.30. The molecule has 0 radical (unpaired) electrons. The highest BCUT2D eigenvalue weighted by molar-refractivity contribution is 7.11. The van der Waals surface area contributed by atoms with E-state index in [0.717, 1.165) is 23.3 Å². The average Bonchev–Trinajstić information content (AvgIpc) is 2.87. The van der Waals surface area contributed by atoms with Crippen LogP contribution < -0.4 is 5.73 Å². The molecule has 0 aliphatic rings. The van der Waals surface area contributed by atoms with E-state index in [-0.39, 0.29) is 11.4 Å². The molecule has 0 saturated heterocycles. The summed E-state index contributed by atoms with van der Waals surface area (Å²) < 4.78 is 39.1. The molecule has 2 N–H and O–H groups in total. The SMILES string of the molecule is Cc1nc(C(F)(F)F)c(CN(CCN)CCc2ccccc2)s1. The summed E-state index contributed by atoms with van der Waals surface area (Å²) in [6.07, 6.45) is -3.63. The molecule has 0 amide bonds. The maximum Gasteiger partial charge on any atom is 0.434 e. The lowest BCUT2D eigenvalue weighted by Gasteiger charge is -2.21. The smallest absolute Gasteiger partial charge is 0.329 e. The fourth-order valence-electron chi connectivity index (χ4n) is 2.39. The van der Waals surface area contributed by atoms with Gasteiger partial charge >= 0.3 is 6.18 Å². The second-order valence-corrected chi connectivity index (χ2v) is 6.59. The highest BCUT2D eigenvalue weighted by Gasteiger charge is 2.37. The highest BCUT2D eigenvalue weighted by Crippen LogP contribution is 2.34. The summed E-state index contributed by atoms with van der Waals surface area (Å²) in [5, 5.41) is 0.433. The first kappa shape index (κ1) is 17.9. The number of nitrogens with zero attached hydrogens (tertiary/aromatic N) is 2. The standard InChI is InChI=1S/C16H20F3N3S/c1-12-21-15(16(17,18)19)14(23-12)11-22(10-8-20)9-7-13-5-3-2-4-6-13/h2-6H,7-11,20H2,1H3. The van der Waals surface area contributed by atoms with Crippen molar-refractivity contribution in [1.29, 1.82) is 0 Å². The molecular formula is C16H20F3N3S. The molecule has 0 bridgehead atoms. The van der Waals surface area contributed by atoms with E-state index in [2.05, 4.69) is 4.98 Å². The van der Waals surface area contributed by atoms with Crippen LogP contribution in [0.1, 0.15) is 21.1 Å². The van der Waals surface area contributed by atoms with Gasteiger partial charge in [0.1, 0.15) is 0 Å². The lowest BCUT2D eigenvalue weighted by atomic mass is 10.1. The van der Waals surface area contributed by atoms with E-state index in [4.69, 9.17) is 5.73 Å². The van der Waals surface area contributed by atoms with Crippen molar-refractivity contribution in [3.8, 4) is 0 Å². The summed E-state index contributed by atoms with van der Waals surface area (Å²) in [5.74, 6) is 0. The molecular weight excluding hydrogens is 323 g/mol. The number of thiazole rings is 1. The minimum Gasteiger partial charge on any atom is -0.329 e. The van der Waals surface area contributed by atoms with Crippen LogP contribution in [0.4, 0.5) is 13.2 Å². The molecule has 1 aromatic heterocycles. The van der Waals surface area contributed by atoms with Crippen LogP contribution in [0.2, 0.25) is 0 Å². The fourth-order valence-corrected chi connectivity index (χ4v) is 3.38. The summed E-state index contributed by atoms with van der Waals surface area (Å²) in [4.78, 5) is 5.86. The Balaban J connectivity index is 2.07. The number of nitrogens with two attached hydrogens (primary N) is 1. The monoisotopic (exact) mass is 343 g/mol. The molecule has 0 spiro atoms. The Morgan fingerprint density at radius 2 is 1.87 bits per heavy atom. The first-order valence-corrected chi connectivity index (χ1v) is 8.21. The maximum atomic E-state index is 13.0. The molecule has 23 heavy (non-hydrogen) atoms. The molecule has 0 atom stereocenters. The molecule has 126 valence electrons. The minimum atomic E-state index is -4.41. The molecule has 2 aromatic rings. The van der Waals surface area contributed by atoms with Crippen LogP contribution in [-0.2, 0) is 19.1 Å². The van der Waals surface area contributed by atoms with Crippen molar-refractivity contribution in [3.05, 3.63) is 51.5 Å². The van der Waals surface area contributed by atoms with Gasteiger partial charge in [-0.2, -0.15) is 13.2 Å². The van der Waals surface area contributed by atoms with Crippen molar-refractivity contribution in [2.24, 2.45) is 5.73 Å². The highest BCUT2D eigenvalue weighted by atomic mass is 32.1. The molecule has 3 nitrogen and oxygen atoms in total. The lowest BCUT2D eigenvalue weighted by molar-refractivity contribution is -0.141. The Morgan fingerprint density at radius 1 is 1.17 bits per heavy atom. The molecule has 0 unspecified atom stereocenters. The minimum absolute atomic E-state index is 0.227. The zero-order valence-corrected chi connectivity index (χ0v) is 13.8. The van der Waals surface area contributed by atoms with E-state index in [1.54, 1.807) is 6.92 Å². The Bertz CT molecular complexity index is 611. The fraction of sp³-hybridized carbons (Fsp3) is 0.438. The molecule has 0 saturated carbocycles.